The molecule has 3 nitrogen and oxygen atoms in total. The fourth-order valence-electron chi connectivity index (χ4n) is 2.81. The van der Waals surface area contributed by atoms with Gasteiger partial charge in [0.25, 0.3) is 0 Å². The Bertz CT molecular complexity index is 296. The molecule has 1 rings (SSSR count). The zero-order valence-corrected chi connectivity index (χ0v) is 14.2. The first-order chi connectivity index (χ1) is 9.34. The lowest BCUT2D eigenvalue weighted by Gasteiger charge is -2.26. The topological polar surface area (TPSA) is 32.3 Å². The zero-order chi connectivity index (χ0) is 15.2. The molecule has 3 heteroatoms. The van der Waals surface area contributed by atoms with E-state index in [0.29, 0.717) is 17.9 Å². The lowest BCUT2D eigenvalue weighted by atomic mass is 9.80. The van der Waals surface area contributed by atoms with Crippen LogP contribution < -0.4 is 5.32 Å². The van der Waals surface area contributed by atoms with E-state index in [1.165, 1.54) is 19.3 Å². The van der Waals surface area contributed by atoms with E-state index in [1.54, 1.807) is 0 Å². The molecule has 1 fully saturated rings. The van der Waals surface area contributed by atoms with Crippen LogP contribution in [0.25, 0.3) is 0 Å². The van der Waals surface area contributed by atoms with Gasteiger partial charge in [-0.3, -0.25) is 4.79 Å². The Hall–Kier alpha value is -0.570. The smallest absolute Gasteiger partial charge is 0.222 e. The maximum absolute atomic E-state index is 12.0. The highest BCUT2D eigenvalue weighted by molar-refractivity contribution is 5.78. The van der Waals surface area contributed by atoms with E-state index in [2.05, 4.69) is 44.8 Å². The van der Waals surface area contributed by atoms with E-state index in [4.69, 9.17) is 0 Å². The molecule has 1 saturated heterocycles. The van der Waals surface area contributed by atoms with Crippen LogP contribution in [0.2, 0.25) is 0 Å². The van der Waals surface area contributed by atoms with Crippen molar-refractivity contribution in [2.45, 2.75) is 72.8 Å². The van der Waals surface area contributed by atoms with Crippen molar-refractivity contribution >= 4 is 5.91 Å². The normalized spacial score (nSPS) is 21.6. The maximum atomic E-state index is 12.0. The standard InChI is InChI=1S/C17H34N2O/c1-6-10-18-14(2)9-7-8-11-19-13-15(12-16(19)20)17(3,4)5/h14-15,18H,6-13H2,1-5H3. The van der Waals surface area contributed by atoms with Crippen molar-refractivity contribution < 1.29 is 4.79 Å². The summed E-state index contributed by atoms with van der Waals surface area (Å²) >= 11 is 0. The van der Waals surface area contributed by atoms with Gasteiger partial charge >= 0.3 is 0 Å². The molecule has 0 spiro atoms. The summed E-state index contributed by atoms with van der Waals surface area (Å²) < 4.78 is 0. The van der Waals surface area contributed by atoms with Gasteiger partial charge in [0, 0.05) is 25.6 Å². The van der Waals surface area contributed by atoms with Gasteiger partial charge in [0.2, 0.25) is 5.91 Å². The first-order valence-corrected chi connectivity index (χ1v) is 8.35. The molecular weight excluding hydrogens is 248 g/mol. The fourth-order valence-corrected chi connectivity index (χ4v) is 2.81. The zero-order valence-electron chi connectivity index (χ0n) is 14.2. The Morgan fingerprint density at radius 1 is 1.35 bits per heavy atom. The largest absolute Gasteiger partial charge is 0.342 e. The molecule has 118 valence electrons. The highest BCUT2D eigenvalue weighted by Crippen LogP contribution is 2.34. The fraction of sp³-hybridized carbons (Fsp3) is 0.941. The molecule has 0 bridgehead atoms. The summed E-state index contributed by atoms with van der Waals surface area (Å²) in [4.78, 5) is 14.1. The molecule has 0 aliphatic carbocycles. The third-order valence-electron chi connectivity index (χ3n) is 4.50. The highest BCUT2D eigenvalue weighted by atomic mass is 16.2. The number of rotatable bonds is 8. The van der Waals surface area contributed by atoms with Crippen LogP contribution in [-0.2, 0) is 4.79 Å². The number of carbonyl (C=O) groups excluding carboxylic acids is 1. The van der Waals surface area contributed by atoms with Gasteiger partial charge in [0.05, 0.1) is 0 Å². The van der Waals surface area contributed by atoms with E-state index >= 15 is 0 Å². The monoisotopic (exact) mass is 282 g/mol. The van der Waals surface area contributed by atoms with Gasteiger partial charge in [-0.2, -0.15) is 0 Å². The van der Waals surface area contributed by atoms with Crippen LogP contribution in [0.5, 0.6) is 0 Å². The molecule has 0 aromatic rings. The quantitative estimate of drug-likeness (QED) is 0.692. The van der Waals surface area contributed by atoms with Crippen molar-refractivity contribution in [3.05, 3.63) is 0 Å². The number of hydrogen-bond acceptors (Lipinski definition) is 2. The van der Waals surface area contributed by atoms with E-state index in [-0.39, 0.29) is 5.41 Å². The molecule has 1 aliphatic heterocycles. The summed E-state index contributed by atoms with van der Waals surface area (Å²) in [7, 11) is 0. The first-order valence-electron chi connectivity index (χ1n) is 8.35. The van der Waals surface area contributed by atoms with Crippen molar-refractivity contribution in [2.75, 3.05) is 19.6 Å². The summed E-state index contributed by atoms with van der Waals surface area (Å²) in [5.74, 6) is 0.891. The molecule has 1 heterocycles. The highest BCUT2D eigenvalue weighted by Gasteiger charge is 2.36. The number of amides is 1. The van der Waals surface area contributed by atoms with Crippen molar-refractivity contribution in [3.8, 4) is 0 Å². The second kappa shape index (κ2) is 8.02. The minimum Gasteiger partial charge on any atom is -0.342 e. The van der Waals surface area contributed by atoms with Gasteiger partial charge in [0.1, 0.15) is 0 Å². The van der Waals surface area contributed by atoms with Crippen molar-refractivity contribution in [1.29, 1.82) is 0 Å². The third-order valence-corrected chi connectivity index (χ3v) is 4.50. The minimum atomic E-state index is 0.253. The SMILES string of the molecule is CCCNC(C)CCCCN1CC(C(C)(C)C)CC1=O. The number of nitrogens with one attached hydrogen (secondary N) is 1. The van der Waals surface area contributed by atoms with E-state index in [1.807, 2.05) is 0 Å². The van der Waals surface area contributed by atoms with Gasteiger partial charge in [-0.1, -0.05) is 34.1 Å². The summed E-state index contributed by atoms with van der Waals surface area (Å²) in [5, 5.41) is 3.52. The molecule has 2 atom stereocenters. The first kappa shape index (κ1) is 17.5. The molecule has 0 aromatic carbocycles. The van der Waals surface area contributed by atoms with Gasteiger partial charge < -0.3 is 10.2 Å². The molecule has 20 heavy (non-hydrogen) atoms. The van der Waals surface area contributed by atoms with Crippen LogP contribution in [0.4, 0.5) is 0 Å². The lowest BCUT2D eigenvalue weighted by Crippen LogP contribution is -2.29. The van der Waals surface area contributed by atoms with Crippen LogP contribution in [0.1, 0.15) is 66.7 Å². The molecule has 0 saturated carbocycles. The summed E-state index contributed by atoms with van der Waals surface area (Å²) in [5.41, 5.74) is 0.253. The van der Waals surface area contributed by atoms with Crippen molar-refractivity contribution in [3.63, 3.8) is 0 Å². The molecule has 1 aliphatic rings. The maximum Gasteiger partial charge on any atom is 0.222 e. The predicted molar refractivity (Wildman–Crippen MR) is 85.7 cm³/mol. The molecule has 1 N–H and O–H groups in total. The molecule has 2 unspecified atom stereocenters. The van der Waals surface area contributed by atoms with Crippen LogP contribution in [0.15, 0.2) is 0 Å². The Morgan fingerprint density at radius 2 is 2.05 bits per heavy atom. The average Bonchev–Trinajstić information content (AvgIpc) is 2.73. The van der Waals surface area contributed by atoms with Crippen LogP contribution >= 0.6 is 0 Å². The minimum absolute atomic E-state index is 0.253. The number of carbonyl (C=O) groups is 1. The molecule has 0 aromatic heterocycles. The Balaban J connectivity index is 2.18. The Kier molecular flexibility index (Phi) is 7.01. The van der Waals surface area contributed by atoms with Gasteiger partial charge in [-0.25, -0.2) is 0 Å². The number of likely N-dealkylation sites (tertiary alicyclic amines) is 1. The molecule has 1 amide bonds. The average molecular weight is 282 g/mol. The Labute approximate surface area is 125 Å². The molecule has 0 radical (unpaired) electrons. The second-order valence-electron chi connectivity index (χ2n) is 7.46. The third kappa shape index (κ3) is 5.82. The van der Waals surface area contributed by atoms with E-state index in [9.17, 15) is 4.79 Å². The summed E-state index contributed by atoms with van der Waals surface area (Å²) in [6, 6.07) is 0.603. The van der Waals surface area contributed by atoms with Crippen LogP contribution in [0.3, 0.4) is 0 Å². The Morgan fingerprint density at radius 3 is 2.60 bits per heavy atom. The van der Waals surface area contributed by atoms with Crippen LogP contribution in [0, 0.1) is 11.3 Å². The van der Waals surface area contributed by atoms with Gasteiger partial charge in [-0.15, -0.1) is 0 Å². The van der Waals surface area contributed by atoms with Crippen molar-refractivity contribution in [1.82, 2.24) is 10.2 Å². The van der Waals surface area contributed by atoms with Crippen LogP contribution in [-0.4, -0.2) is 36.5 Å². The second-order valence-corrected chi connectivity index (χ2v) is 7.46. The molecular formula is C17H34N2O. The predicted octanol–water partition coefficient (Wildman–Crippen LogP) is 3.44. The lowest BCUT2D eigenvalue weighted by molar-refractivity contribution is -0.127. The number of nitrogens with zero attached hydrogens (tertiary/aromatic N) is 1. The number of hydrogen-bond donors (Lipinski definition) is 1. The summed E-state index contributed by atoms with van der Waals surface area (Å²) in [6.07, 6.45) is 5.51. The summed E-state index contributed by atoms with van der Waals surface area (Å²) in [6.45, 7) is 14.2. The van der Waals surface area contributed by atoms with E-state index in [0.717, 1.165) is 32.5 Å². The van der Waals surface area contributed by atoms with Crippen molar-refractivity contribution in [2.24, 2.45) is 11.3 Å². The van der Waals surface area contributed by atoms with Gasteiger partial charge in [-0.05, 0) is 44.1 Å². The van der Waals surface area contributed by atoms with E-state index < -0.39 is 0 Å². The van der Waals surface area contributed by atoms with Gasteiger partial charge in [0.15, 0.2) is 0 Å². The number of unbranched alkanes of at least 4 members (excludes halogenated alkanes) is 1.